The Labute approximate surface area is 317 Å². The van der Waals surface area contributed by atoms with Gasteiger partial charge in [-0.1, -0.05) is 33.6 Å². The standard InChI is InChI=1S/C41H51F5N4O5/c1-24(2)40(38(52)53,26-6-4-5-25(3)19-26)48-37(51)32-9-10-34(47-36(32)41(44,45)46)33-21-50(27-11-15-39(42,43)16-12-27)35-20-30(7-8-31(33)35)55-29-13-17-49(18-14-29)28-22-54-23-28/h7-10,20-21,24-29H,4-6,11-19,22-23H2,1-3H3,(H,48,51)(H,52,53). The van der Waals surface area contributed by atoms with Gasteiger partial charge in [-0.3, -0.25) is 9.69 Å². The summed E-state index contributed by atoms with van der Waals surface area (Å²) in [4.78, 5) is 33.2. The molecule has 1 amide bonds. The molecular formula is C41H51F5N4O5. The number of hydrogen-bond donors (Lipinski definition) is 2. The second-order valence-corrected chi connectivity index (χ2v) is 16.6. The normalized spacial score (nSPS) is 24.4. The summed E-state index contributed by atoms with van der Waals surface area (Å²) in [6, 6.07) is 7.88. The van der Waals surface area contributed by atoms with E-state index >= 15 is 0 Å². The van der Waals surface area contributed by atoms with Crippen LogP contribution in [0.5, 0.6) is 5.75 Å². The van der Waals surface area contributed by atoms with Crippen LogP contribution in [0.3, 0.4) is 0 Å². The number of carbonyl (C=O) groups is 2. The van der Waals surface area contributed by atoms with Crippen LogP contribution >= 0.6 is 0 Å². The quantitative estimate of drug-likeness (QED) is 0.199. The molecular weight excluding hydrogens is 723 g/mol. The van der Waals surface area contributed by atoms with Crippen molar-refractivity contribution >= 4 is 22.8 Å². The van der Waals surface area contributed by atoms with E-state index in [1.807, 2.05) is 17.6 Å². The largest absolute Gasteiger partial charge is 0.490 e. The molecule has 2 aliphatic heterocycles. The number of aliphatic carboxylic acids is 1. The number of fused-ring (bicyclic) bond motifs is 1. The first-order valence-corrected chi connectivity index (χ1v) is 19.7. The van der Waals surface area contributed by atoms with Crippen LogP contribution < -0.4 is 10.1 Å². The molecule has 4 heterocycles. The van der Waals surface area contributed by atoms with E-state index in [1.165, 1.54) is 6.07 Å². The molecule has 4 aliphatic rings. The van der Waals surface area contributed by atoms with E-state index in [-0.39, 0.29) is 49.4 Å². The first kappa shape index (κ1) is 39.5. The van der Waals surface area contributed by atoms with Crippen molar-refractivity contribution in [1.82, 2.24) is 19.8 Å². The monoisotopic (exact) mass is 774 g/mol. The number of carboxylic acids is 1. The molecule has 1 aromatic carbocycles. The summed E-state index contributed by atoms with van der Waals surface area (Å²) in [5.74, 6) is -5.49. The lowest BCUT2D eigenvalue weighted by Crippen LogP contribution is -2.63. The molecule has 14 heteroatoms. The topological polar surface area (TPSA) is 106 Å². The lowest BCUT2D eigenvalue weighted by molar-refractivity contribution is -0.150. The van der Waals surface area contributed by atoms with E-state index in [0.29, 0.717) is 41.1 Å². The van der Waals surface area contributed by atoms with Gasteiger partial charge in [0.15, 0.2) is 5.69 Å². The minimum atomic E-state index is -5.05. The van der Waals surface area contributed by atoms with Crippen molar-refractivity contribution < 1.29 is 46.1 Å². The third kappa shape index (κ3) is 7.95. The van der Waals surface area contributed by atoms with E-state index < -0.39 is 52.6 Å². The first-order valence-electron chi connectivity index (χ1n) is 19.7. The summed E-state index contributed by atoms with van der Waals surface area (Å²) in [5, 5.41) is 13.7. The Morgan fingerprint density at radius 2 is 1.71 bits per heavy atom. The molecule has 2 saturated heterocycles. The van der Waals surface area contributed by atoms with E-state index in [4.69, 9.17) is 9.47 Å². The third-order valence-electron chi connectivity index (χ3n) is 12.7. The lowest BCUT2D eigenvalue weighted by atomic mass is 9.66. The van der Waals surface area contributed by atoms with Gasteiger partial charge in [-0.25, -0.2) is 18.6 Å². The molecule has 4 fully saturated rings. The van der Waals surface area contributed by atoms with E-state index in [0.717, 1.165) is 58.1 Å². The summed E-state index contributed by atoms with van der Waals surface area (Å²) >= 11 is 0. The number of pyridine rings is 1. The Morgan fingerprint density at radius 3 is 2.31 bits per heavy atom. The van der Waals surface area contributed by atoms with Gasteiger partial charge in [0, 0.05) is 55.2 Å². The summed E-state index contributed by atoms with van der Waals surface area (Å²) < 4.78 is 86.7. The number of hydrogen-bond acceptors (Lipinski definition) is 6. The van der Waals surface area contributed by atoms with Crippen molar-refractivity contribution in [2.45, 2.75) is 121 Å². The maximum absolute atomic E-state index is 14.8. The average molecular weight is 775 g/mol. The van der Waals surface area contributed by atoms with Crippen LogP contribution in [0.2, 0.25) is 0 Å². The molecule has 0 radical (unpaired) electrons. The summed E-state index contributed by atoms with van der Waals surface area (Å²) in [6.45, 7) is 8.58. The van der Waals surface area contributed by atoms with Crippen molar-refractivity contribution in [2.24, 2.45) is 17.8 Å². The number of alkyl halides is 5. The maximum Gasteiger partial charge on any atom is 0.434 e. The Bertz CT molecular complexity index is 1880. The van der Waals surface area contributed by atoms with Crippen LogP contribution in [0.4, 0.5) is 22.0 Å². The fourth-order valence-corrected chi connectivity index (χ4v) is 9.40. The predicted molar refractivity (Wildman–Crippen MR) is 196 cm³/mol. The number of likely N-dealkylation sites (tertiary alicyclic amines) is 1. The molecule has 3 aromatic rings. The number of carboxylic acid groups (broad SMARTS) is 1. The number of ether oxygens (including phenoxy) is 2. The van der Waals surface area contributed by atoms with Crippen molar-refractivity contribution in [3.05, 3.63) is 47.8 Å². The molecule has 0 spiro atoms. The van der Waals surface area contributed by atoms with Gasteiger partial charge in [0.1, 0.15) is 17.4 Å². The number of nitrogens with one attached hydrogen (secondary N) is 1. The Balaban J connectivity index is 1.22. The zero-order valence-corrected chi connectivity index (χ0v) is 31.6. The van der Waals surface area contributed by atoms with Gasteiger partial charge >= 0.3 is 12.1 Å². The Morgan fingerprint density at radius 1 is 1.00 bits per heavy atom. The van der Waals surface area contributed by atoms with Gasteiger partial charge in [-0.05, 0) is 80.5 Å². The molecule has 2 saturated carbocycles. The molecule has 0 bridgehead atoms. The van der Waals surface area contributed by atoms with E-state index in [9.17, 15) is 36.6 Å². The SMILES string of the molecule is CC1CCCC(C(NC(=O)c2ccc(-c3cn(C4CCC(F)(F)CC4)c4cc(OC5CCN(C6COC6)CC5)ccc34)nc2C(F)(F)F)(C(=O)O)C(C)C)C1. The first-order chi connectivity index (χ1) is 26.1. The van der Waals surface area contributed by atoms with E-state index in [1.54, 1.807) is 32.2 Å². The Hall–Kier alpha value is -3.78. The van der Waals surface area contributed by atoms with Crippen LogP contribution in [0.15, 0.2) is 36.5 Å². The second kappa shape index (κ2) is 15.3. The number of rotatable bonds is 10. The fraction of sp³-hybridized carbons (Fsp3) is 0.634. The highest BCUT2D eigenvalue weighted by atomic mass is 19.4. The van der Waals surface area contributed by atoms with Crippen LogP contribution in [0.1, 0.15) is 107 Å². The molecule has 7 rings (SSSR count). The molecule has 55 heavy (non-hydrogen) atoms. The van der Waals surface area contributed by atoms with Crippen LogP contribution in [-0.4, -0.2) is 81.3 Å². The number of carbonyl (C=O) groups excluding carboxylic acids is 1. The minimum absolute atomic E-state index is 0.0299. The van der Waals surface area contributed by atoms with Crippen molar-refractivity contribution in [3.63, 3.8) is 0 Å². The molecule has 2 aromatic heterocycles. The zero-order valence-electron chi connectivity index (χ0n) is 31.6. The van der Waals surface area contributed by atoms with Gasteiger partial charge in [-0.2, -0.15) is 13.2 Å². The van der Waals surface area contributed by atoms with Gasteiger partial charge in [0.05, 0.1) is 36.0 Å². The van der Waals surface area contributed by atoms with E-state index in [2.05, 4.69) is 15.2 Å². The predicted octanol–water partition coefficient (Wildman–Crippen LogP) is 8.75. The number of aromatic nitrogens is 2. The number of amides is 1. The summed E-state index contributed by atoms with van der Waals surface area (Å²) in [7, 11) is 0. The molecule has 2 aliphatic carbocycles. The number of nitrogens with zero attached hydrogens (tertiary/aromatic N) is 3. The molecule has 3 atom stereocenters. The van der Waals surface area contributed by atoms with Gasteiger partial charge in [-0.15, -0.1) is 0 Å². The second-order valence-electron chi connectivity index (χ2n) is 16.6. The highest BCUT2D eigenvalue weighted by Gasteiger charge is 2.51. The Kier molecular flexibility index (Phi) is 11.0. The third-order valence-corrected chi connectivity index (χ3v) is 12.7. The van der Waals surface area contributed by atoms with Crippen molar-refractivity contribution in [1.29, 1.82) is 0 Å². The average Bonchev–Trinajstić information content (AvgIpc) is 3.48. The van der Waals surface area contributed by atoms with Crippen LogP contribution in [0.25, 0.3) is 22.2 Å². The van der Waals surface area contributed by atoms with Gasteiger partial charge in [0.25, 0.3) is 5.91 Å². The maximum atomic E-state index is 14.8. The smallest absolute Gasteiger partial charge is 0.434 e. The van der Waals surface area contributed by atoms with Crippen molar-refractivity contribution in [3.8, 4) is 17.0 Å². The highest BCUT2D eigenvalue weighted by Crippen LogP contribution is 2.44. The summed E-state index contributed by atoms with van der Waals surface area (Å²) in [6.07, 6.45) is 0.732. The molecule has 3 unspecified atom stereocenters. The number of benzene rings is 1. The molecule has 300 valence electrons. The van der Waals surface area contributed by atoms with Gasteiger partial charge in [0.2, 0.25) is 5.92 Å². The van der Waals surface area contributed by atoms with Crippen LogP contribution in [-0.2, 0) is 15.7 Å². The molecule has 2 N–H and O–H groups in total. The molecule has 9 nitrogen and oxygen atoms in total. The zero-order chi connectivity index (χ0) is 39.3. The van der Waals surface area contributed by atoms with Crippen molar-refractivity contribution in [2.75, 3.05) is 26.3 Å². The summed E-state index contributed by atoms with van der Waals surface area (Å²) in [5.41, 5.74) is -3.04. The fourth-order valence-electron chi connectivity index (χ4n) is 9.40. The highest BCUT2D eigenvalue weighted by molar-refractivity contribution is 6.00. The number of piperidine rings is 1. The van der Waals surface area contributed by atoms with Crippen LogP contribution in [0, 0.1) is 17.8 Å². The lowest BCUT2D eigenvalue weighted by Gasteiger charge is -2.44. The van der Waals surface area contributed by atoms with Gasteiger partial charge < -0.3 is 24.5 Å². The minimum Gasteiger partial charge on any atom is -0.490 e. The number of halogens is 5.